The molecule has 0 bridgehead atoms. The molecule has 0 spiro atoms. The van der Waals surface area contributed by atoms with Crippen molar-refractivity contribution in [3.63, 3.8) is 0 Å². The van der Waals surface area contributed by atoms with Gasteiger partial charge in [-0.15, -0.1) is 0 Å². The molecule has 1 rings (SSSR count). The van der Waals surface area contributed by atoms with Crippen molar-refractivity contribution in [2.24, 2.45) is 0 Å². The van der Waals surface area contributed by atoms with Gasteiger partial charge in [-0.05, 0) is 30.7 Å². The number of halogens is 2. The first kappa shape index (κ1) is 11.2. The van der Waals surface area contributed by atoms with E-state index >= 15 is 0 Å². The lowest BCUT2D eigenvalue weighted by Crippen LogP contribution is -2.01. The molecular formula is C10H9BrFNO. The molecule has 0 aromatic heterocycles. The van der Waals surface area contributed by atoms with Gasteiger partial charge < -0.3 is 4.74 Å². The maximum absolute atomic E-state index is 13.0. The summed E-state index contributed by atoms with van der Waals surface area (Å²) in [6, 6.07) is 6.27. The standard InChI is InChI=1S/C10H9BrFNO/c1-2-14-10(6-13)7-3-8(11)5-9(12)4-7/h3-5,10H,2H2,1H3. The highest BCUT2D eigenvalue weighted by molar-refractivity contribution is 9.10. The Labute approximate surface area is 90.4 Å². The quantitative estimate of drug-likeness (QED) is 0.834. The minimum absolute atomic E-state index is 0.380. The van der Waals surface area contributed by atoms with Gasteiger partial charge in [0.25, 0.3) is 0 Å². The summed E-state index contributed by atoms with van der Waals surface area (Å²) < 4.78 is 18.7. The molecule has 1 aromatic rings. The Kier molecular flexibility index (Phi) is 4.05. The number of nitrogens with zero attached hydrogens (tertiary/aromatic N) is 1. The SMILES string of the molecule is CCOC(C#N)c1cc(F)cc(Br)c1. The zero-order valence-corrected chi connectivity index (χ0v) is 9.21. The molecular weight excluding hydrogens is 249 g/mol. The Morgan fingerprint density at radius 1 is 1.57 bits per heavy atom. The van der Waals surface area contributed by atoms with Crippen LogP contribution in [0.25, 0.3) is 0 Å². The largest absolute Gasteiger partial charge is 0.359 e. The van der Waals surface area contributed by atoms with Crippen LogP contribution in [0.1, 0.15) is 18.6 Å². The highest BCUT2D eigenvalue weighted by Gasteiger charge is 2.11. The Morgan fingerprint density at radius 3 is 2.79 bits per heavy atom. The Morgan fingerprint density at radius 2 is 2.29 bits per heavy atom. The number of hydrogen-bond acceptors (Lipinski definition) is 2. The summed E-state index contributed by atoms with van der Waals surface area (Å²) in [5, 5.41) is 8.78. The minimum Gasteiger partial charge on any atom is -0.359 e. The lowest BCUT2D eigenvalue weighted by Gasteiger charge is -2.09. The van der Waals surface area contributed by atoms with Crippen LogP contribution in [0.4, 0.5) is 4.39 Å². The predicted octanol–water partition coefficient (Wildman–Crippen LogP) is 3.19. The van der Waals surface area contributed by atoms with Gasteiger partial charge in [0.1, 0.15) is 5.82 Å². The van der Waals surface area contributed by atoms with Gasteiger partial charge in [-0.2, -0.15) is 5.26 Å². The van der Waals surface area contributed by atoms with Crippen LogP contribution in [0.5, 0.6) is 0 Å². The van der Waals surface area contributed by atoms with Gasteiger partial charge in [-0.1, -0.05) is 15.9 Å². The smallest absolute Gasteiger partial charge is 0.169 e. The van der Waals surface area contributed by atoms with E-state index in [2.05, 4.69) is 15.9 Å². The molecule has 0 saturated heterocycles. The van der Waals surface area contributed by atoms with E-state index in [9.17, 15) is 4.39 Å². The molecule has 0 aliphatic rings. The summed E-state index contributed by atoms with van der Waals surface area (Å²) in [6.45, 7) is 2.21. The van der Waals surface area contributed by atoms with Crippen LogP contribution in [0.3, 0.4) is 0 Å². The van der Waals surface area contributed by atoms with Crippen LogP contribution in [-0.4, -0.2) is 6.61 Å². The molecule has 0 N–H and O–H groups in total. The summed E-state index contributed by atoms with van der Waals surface area (Å²) >= 11 is 3.16. The molecule has 0 heterocycles. The van der Waals surface area contributed by atoms with Crippen LogP contribution in [0, 0.1) is 17.1 Å². The predicted molar refractivity (Wildman–Crippen MR) is 54.1 cm³/mol. The zero-order valence-electron chi connectivity index (χ0n) is 7.63. The number of benzene rings is 1. The number of rotatable bonds is 3. The average molecular weight is 258 g/mol. The molecule has 4 heteroatoms. The van der Waals surface area contributed by atoms with Crippen molar-refractivity contribution in [3.05, 3.63) is 34.1 Å². The van der Waals surface area contributed by atoms with Gasteiger partial charge in [0.05, 0.1) is 6.07 Å². The highest BCUT2D eigenvalue weighted by Crippen LogP contribution is 2.22. The molecule has 2 nitrogen and oxygen atoms in total. The lowest BCUT2D eigenvalue weighted by atomic mass is 10.1. The van der Waals surface area contributed by atoms with Gasteiger partial charge in [0, 0.05) is 11.1 Å². The molecule has 0 saturated carbocycles. The highest BCUT2D eigenvalue weighted by atomic mass is 79.9. The van der Waals surface area contributed by atoms with Gasteiger partial charge in [0.15, 0.2) is 6.10 Å². The monoisotopic (exact) mass is 257 g/mol. The van der Waals surface area contributed by atoms with Crippen molar-refractivity contribution in [1.82, 2.24) is 0 Å². The van der Waals surface area contributed by atoms with Crippen molar-refractivity contribution in [3.8, 4) is 6.07 Å². The first-order valence-electron chi connectivity index (χ1n) is 4.14. The minimum atomic E-state index is -0.702. The zero-order chi connectivity index (χ0) is 10.6. The van der Waals surface area contributed by atoms with E-state index in [1.54, 1.807) is 13.0 Å². The van der Waals surface area contributed by atoms with E-state index in [-0.39, 0.29) is 5.82 Å². The Bertz CT molecular complexity index is 341. The maximum atomic E-state index is 13.0. The van der Waals surface area contributed by atoms with Gasteiger partial charge >= 0.3 is 0 Å². The first-order chi connectivity index (χ1) is 6.67. The molecule has 0 aliphatic heterocycles. The first-order valence-corrected chi connectivity index (χ1v) is 4.94. The van der Waals surface area contributed by atoms with E-state index in [0.29, 0.717) is 16.6 Å². The lowest BCUT2D eigenvalue weighted by molar-refractivity contribution is 0.102. The molecule has 0 amide bonds. The van der Waals surface area contributed by atoms with Gasteiger partial charge in [0.2, 0.25) is 0 Å². The summed E-state index contributed by atoms with van der Waals surface area (Å²) in [5.41, 5.74) is 0.529. The Hall–Kier alpha value is -0.920. The second-order valence-corrected chi connectivity index (χ2v) is 3.58. The molecule has 0 aliphatic carbocycles. The summed E-state index contributed by atoms with van der Waals surface area (Å²) in [7, 11) is 0. The molecule has 0 fully saturated rings. The summed E-state index contributed by atoms with van der Waals surface area (Å²) in [6.07, 6.45) is -0.702. The van der Waals surface area contributed by atoms with E-state index in [0.717, 1.165) is 0 Å². The van der Waals surface area contributed by atoms with Gasteiger partial charge in [-0.25, -0.2) is 4.39 Å². The fourth-order valence-electron chi connectivity index (χ4n) is 1.10. The van der Waals surface area contributed by atoms with E-state index in [4.69, 9.17) is 10.00 Å². The topological polar surface area (TPSA) is 33.0 Å². The van der Waals surface area contributed by atoms with Crippen LogP contribution in [-0.2, 0) is 4.74 Å². The third-order valence-electron chi connectivity index (χ3n) is 1.64. The maximum Gasteiger partial charge on any atom is 0.169 e. The molecule has 0 radical (unpaired) electrons. The molecule has 14 heavy (non-hydrogen) atoms. The Balaban J connectivity index is 2.99. The second kappa shape index (κ2) is 5.08. The number of nitriles is 1. The van der Waals surface area contributed by atoms with E-state index < -0.39 is 6.10 Å². The fraction of sp³-hybridized carbons (Fsp3) is 0.300. The van der Waals surface area contributed by atoms with Crippen molar-refractivity contribution >= 4 is 15.9 Å². The van der Waals surface area contributed by atoms with Gasteiger partial charge in [-0.3, -0.25) is 0 Å². The normalized spacial score (nSPS) is 12.1. The molecule has 1 atom stereocenters. The van der Waals surface area contributed by atoms with Crippen LogP contribution in [0.2, 0.25) is 0 Å². The summed E-state index contributed by atoms with van der Waals surface area (Å²) in [5.74, 6) is -0.380. The summed E-state index contributed by atoms with van der Waals surface area (Å²) in [4.78, 5) is 0. The van der Waals surface area contributed by atoms with Crippen molar-refractivity contribution in [1.29, 1.82) is 5.26 Å². The van der Waals surface area contributed by atoms with Crippen LogP contribution < -0.4 is 0 Å². The second-order valence-electron chi connectivity index (χ2n) is 2.67. The molecule has 74 valence electrons. The third kappa shape index (κ3) is 2.79. The fourth-order valence-corrected chi connectivity index (χ4v) is 1.58. The van der Waals surface area contributed by atoms with Crippen LogP contribution in [0.15, 0.2) is 22.7 Å². The third-order valence-corrected chi connectivity index (χ3v) is 2.10. The van der Waals surface area contributed by atoms with Crippen LogP contribution >= 0.6 is 15.9 Å². The number of hydrogen-bond donors (Lipinski definition) is 0. The number of ether oxygens (including phenoxy) is 1. The van der Waals surface area contributed by atoms with E-state index in [1.165, 1.54) is 12.1 Å². The molecule has 1 aromatic carbocycles. The van der Waals surface area contributed by atoms with Crippen molar-refractivity contribution in [2.45, 2.75) is 13.0 Å². The van der Waals surface area contributed by atoms with Crippen molar-refractivity contribution < 1.29 is 9.13 Å². The van der Waals surface area contributed by atoms with Crippen molar-refractivity contribution in [2.75, 3.05) is 6.61 Å². The average Bonchev–Trinajstić information content (AvgIpc) is 2.12. The molecule has 1 unspecified atom stereocenters. The van der Waals surface area contributed by atoms with E-state index in [1.807, 2.05) is 6.07 Å².